The van der Waals surface area contributed by atoms with Gasteiger partial charge in [0.15, 0.2) is 0 Å². The van der Waals surface area contributed by atoms with Crippen LogP contribution in [0.5, 0.6) is 0 Å². The monoisotopic (exact) mass is 234 g/mol. The second-order valence-electron chi connectivity index (χ2n) is 4.58. The Labute approximate surface area is 107 Å². The Morgan fingerprint density at radius 3 is 2.56 bits per heavy atom. The van der Waals surface area contributed by atoms with Gasteiger partial charge >= 0.3 is 0 Å². The van der Waals surface area contributed by atoms with Crippen LogP contribution >= 0.6 is 0 Å². The van der Waals surface area contributed by atoms with Gasteiger partial charge in [0.25, 0.3) is 0 Å². The summed E-state index contributed by atoms with van der Waals surface area (Å²) in [5.41, 5.74) is 3.93. The lowest BCUT2D eigenvalue weighted by Crippen LogP contribution is -2.23. The molecule has 0 aromatic heterocycles. The summed E-state index contributed by atoms with van der Waals surface area (Å²) < 4.78 is 0. The first-order valence-corrected chi connectivity index (χ1v) is 6.14. The minimum Gasteiger partial charge on any atom is -0.275 e. The molecule has 1 heterocycles. The summed E-state index contributed by atoms with van der Waals surface area (Å²) in [5, 5.41) is 8.98. The van der Waals surface area contributed by atoms with Crippen molar-refractivity contribution < 1.29 is 0 Å². The van der Waals surface area contributed by atoms with E-state index < -0.39 is 0 Å². The van der Waals surface area contributed by atoms with Crippen molar-refractivity contribution >= 4 is 0 Å². The van der Waals surface area contributed by atoms with Crippen molar-refractivity contribution in [2.45, 2.75) is 12.6 Å². The molecule has 18 heavy (non-hydrogen) atoms. The molecule has 1 unspecified atom stereocenters. The standard InChI is InChI=1S/C16H14N2/c17-10-11-18-12-14-8-4-5-9-15(14)16(18)13-6-2-1-3-7-13/h1-9,16H,11-12H2. The molecule has 0 fully saturated rings. The van der Waals surface area contributed by atoms with Gasteiger partial charge in [-0.2, -0.15) is 5.26 Å². The third-order valence-electron chi connectivity index (χ3n) is 3.48. The lowest BCUT2D eigenvalue weighted by atomic mass is 9.98. The van der Waals surface area contributed by atoms with E-state index >= 15 is 0 Å². The highest BCUT2D eigenvalue weighted by atomic mass is 15.2. The van der Waals surface area contributed by atoms with Crippen LogP contribution in [-0.2, 0) is 6.54 Å². The van der Waals surface area contributed by atoms with E-state index in [9.17, 15) is 0 Å². The van der Waals surface area contributed by atoms with Crippen molar-refractivity contribution in [3.05, 3.63) is 71.3 Å². The molecule has 2 aromatic rings. The van der Waals surface area contributed by atoms with Crippen molar-refractivity contribution in [3.63, 3.8) is 0 Å². The molecule has 0 spiro atoms. The zero-order valence-electron chi connectivity index (χ0n) is 10.1. The molecule has 0 radical (unpaired) electrons. The van der Waals surface area contributed by atoms with Crippen LogP contribution < -0.4 is 0 Å². The largest absolute Gasteiger partial charge is 0.275 e. The van der Waals surface area contributed by atoms with Crippen molar-refractivity contribution in [1.82, 2.24) is 4.90 Å². The number of nitrogens with zero attached hydrogens (tertiary/aromatic N) is 2. The molecule has 2 heteroatoms. The Balaban J connectivity index is 2.06. The molecule has 2 aromatic carbocycles. The van der Waals surface area contributed by atoms with Gasteiger partial charge in [-0.1, -0.05) is 54.6 Å². The van der Waals surface area contributed by atoms with Gasteiger partial charge in [0.05, 0.1) is 18.7 Å². The zero-order valence-corrected chi connectivity index (χ0v) is 10.1. The average Bonchev–Trinajstić information content (AvgIpc) is 2.78. The highest BCUT2D eigenvalue weighted by Gasteiger charge is 2.30. The smallest absolute Gasteiger partial charge is 0.0876 e. The van der Waals surface area contributed by atoms with Gasteiger partial charge in [0, 0.05) is 6.54 Å². The Bertz CT molecular complexity index is 584. The van der Waals surface area contributed by atoms with Gasteiger partial charge < -0.3 is 0 Å². The second kappa shape index (κ2) is 4.64. The van der Waals surface area contributed by atoms with E-state index in [0.717, 1.165) is 6.54 Å². The summed E-state index contributed by atoms with van der Waals surface area (Å²) in [6.45, 7) is 1.33. The molecule has 1 aliphatic heterocycles. The third-order valence-corrected chi connectivity index (χ3v) is 3.48. The van der Waals surface area contributed by atoms with E-state index in [0.29, 0.717) is 6.54 Å². The molecule has 0 saturated carbocycles. The van der Waals surface area contributed by atoms with E-state index in [4.69, 9.17) is 5.26 Å². The molecular weight excluding hydrogens is 220 g/mol. The normalized spacial score (nSPS) is 18.3. The molecular formula is C16H14N2. The van der Waals surface area contributed by atoms with Gasteiger partial charge in [-0.3, -0.25) is 4.90 Å². The number of hydrogen-bond donors (Lipinski definition) is 0. The summed E-state index contributed by atoms with van der Waals surface area (Å²) in [5.74, 6) is 0. The van der Waals surface area contributed by atoms with Crippen LogP contribution in [0.3, 0.4) is 0 Å². The molecule has 0 saturated heterocycles. The molecule has 1 aliphatic rings. The fraction of sp³-hybridized carbons (Fsp3) is 0.188. The lowest BCUT2D eigenvalue weighted by molar-refractivity contribution is 0.275. The summed E-state index contributed by atoms with van der Waals surface area (Å²) in [6, 6.07) is 21.4. The highest BCUT2D eigenvalue weighted by Crippen LogP contribution is 2.37. The number of benzene rings is 2. The van der Waals surface area contributed by atoms with Crippen molar-refractivity contribution in [2.24, 2.45) is 0 Å². The molecule has 0 aliphatic carbocycles. The molecule has 0 amide bonds. The van der Waals surface area contributed by atoms with E-state index in [2.05, 4.69) is 59.5 Å². The van der Waals surface area contributed by atoms with Gasteiger partial charge in [0.1, 0.15) is 0 Å². The maximum absolute atomic E-state index is 8.98. The first kappa shape index (κ1) is 11.0. The summed E-state index contributed by atoms with van der Waals surface area (Å²) in [6.07, 6.45) is 0. The molecule has 0 bridgehead atoms. The number of hydrogen-bond acceptors (Lipinski definition) is 2. The van der Waals surface area contributed by atoms with Gasteiger partial charge in [-0.25, -0.2) is 0 Å². The first-order chi connectivity index (χ1) is 8.90. The number of nitriles is 1. The van der Waals surface area contributed by atoms with Crippen LogP contribution in [0.2, 0.25) is 0 Å². The van der Waals surface area contributed by atoms with Crippen LogP contribution in [0.4, 0.5) is 0 Å². The molecule has 2 nitrogen and oxygen atoms in total. The predicted octanol–water partition coefficient (Wildman–Crippen LogP) is 3.12. The third kappa shape index (κ3) is 1.79. The Hall–Kier alpha value is -2.11. The van der Waals surface area contributed by atoms with Crippen LogP contribution in [0, 0.1) is 11.3 Å². The van der Waals surface area contributed by atoms with E-state index in [-0.39, 0.29) is 6.04 Å². The Morgan fingerprint density at radius 1 is 1.06 bits per heavy atom. The summed E-state index contributed by atoms with van der Waals surface area (Å²) in [7, 11) is 0. The summed E-state index contributed by atoms with van der Waals surface area (Å²) >= 11 is 0. The fourth-order valence-electron chi connectivity index (χ4n) is 2.72. The number of fused-ring (bicyclic) bond motifs is 1. The average molecular weight is 234 g/mol. The topological polar surface area (TPSA) is 27.0 Å². The minimum atomic E-state index is 0.224. The predicted molar refractivity (Wildman–Crippen MR) is 70.8 cm³/mol. The maximum atomic E-state index is 8.98. The minimum absolute atomic E-state index is 0.224. The van der Waals surface area contributed by atoms with Gasteiger partial charge in [-0.15, -0.1) is 0 Å². The lowest BCUT2D eigenvalue weighted by Gasteiger charge is -2.22. The highest BCUT2D eigenvalue weighted by molar-refractivity contribution is 5.41. The molecule has 88 valence electrons. The molecule has 0 N–H and O–H groups in total. The zero-order chi connectivity index (χ0) is 12.4. The van der Waals surface area contributed by atoms with Crippen molar-refractivity contribution in [3.8, 4) is 6.07 Å². The van der Waals surface area contributed by atoms with Gasteiger partial charge in [0.2, 0.25) is 0 Å². The maximum Gasteiger partial charge on any atom is 0.0876 e. The van der Waals surface area contributed by atoms with Crippen molar-refractivity contribution in [1.29, 1.82) is 5.26 Å². The van der Waals surface area contributed by atoms with Crippen LogP contribution in [0.1, 0.15) is 22.7 Å². The van der Waals surface area contributed by atoms with E-state index in [1.54, 1.807) is 0 Å². The van der Waals surface area contributed by atoms with Crippen LogP contribution in [0.15, 0.2) is 54.6 Å². The quantitative estimate of drug-likeness (QED) is 0.746. The Kier molecular flexibility index (Phi) is 2.84. The van der Waals surface area contributed by atoms with Gasteiger partial charge in [-0.05, 0) is 16.7 Å². The second-order valence-corrected chi connectivity index (χ2v) is 4.58. The Morgan fingerprint density at radius 2 is 1.78 bits per heavy atom. The molecule has 3 rings (SSSR count). The summed E-state index contributed by atoms with van der Waals surface area (Å²) in [4.78, 5) is 2.22. The van der Waals surface area contributed by atoms with Crippen LogP contribution in [-0.4, -0.2) is 11.4 Å². The SMILES string of the molecule is N#CCN1Cc2ccccc2C1c1ccccc1. The van der Waals surface area contributed by atoms with E-state index in [1.807, 2.05) is 6.07 Å². The first-order valence-electron chi connectivity index (χ1n) is 6.14. The van der Waals surface area contributed by atoms with E-state index in [1.165, 1.54) is 16.7 Å². The fourth-order valence-corrected chi connectivity index (χ4v) is 2.72. The molecule has 1 atom stereocenters. The number of rotatable bonds is 2. The van der Waals surface area contributed by atoms with Crippen LogP contribution in [0.25, 0.3) is 0 Å². The van der Waals surface area contributed by atoms with Crippen molar-refractivity contribution in [2.75, 3.05) is 6.54 Å².